The molecule has 0 unspecified atom stereocenters. The number of hydrogen-bond acceptors (Lipinski definition) is 5. The first-order chi connectivity index (χ1) is 9.17. The van der Waals surface area contributed by atoms with Crippen LogP contribution in [-0.2, 0) is 16.0 Å². The number of carboxylic acids is 1. The van der Waals surface area contributed by atoms with Gasteiger partial charge in [-0.05, 0) is 32.4 Å². The van der Waals surface area contributed by atoms with Crippen LogP contribution < -0.4 is 11.1 Å². The highest BCUT2D eigenvalue weighted by Crippen LogP contribution is 2.09. The van der Waals surface area contributed by atoms with Crippen molar-refractivity contribution in [1.29, 1.82) is 0 Å². The van der Waals surface area contributed by atoms with E-state index < -0.39 is 23.7 Å². The third-order valence-corrected chi connectivity index (χ3v) is 2.28. The Labute approximate surface area is 117 Å². The molecule has 0 spiro atoms. The first-order valence-electron chi connectivity index (χ1n) is 6.10. The minimum absolute atomic E-state index is 0.0991. The summed E-state index contributed by atoms with van der Waals surface area (Å²) in [7, 11) is 0. The van der Waals surface area contributed by atoms with E-state index in [0.717, 1.165) is 0 Å². The zero-order valence-corrected chi connectivity index (χ0v) is 11.7. The van der Waals surface area contributed by atoms with E-state index in [9.17, 15) is 9.59 Å². The van der Waals surface area contributed by atoms with Gasteiger partial charge in [-0.25, -0.2) is 14.6 Å². The number of nitrogens with two attached hydrogens (primary N) is 1. The molecule has 0 aliphatic heterocycles. The minimum Gasteiger partial charge on any atom is -0.480 e. The number of ether oxygens (including phenoxy) is 1. The van der Waals surface area contributed by atoms with E-state index in [0.29, 0.717) is 11.4 Å². The fourth-order valence-electron chi connectivity index (χ4n) is 1.44. The van der Waals surface area contributed by atoms with Gasteiger partial charge in [0.2, 0.25) is 0 Å². The molecule has 1 heterocycles. The van der Waals surface area contributed by atoms with Crippen molar-refractivity contribution in [2.75, 3.05) is 5.73 Å². The summed E-state index contributed by atoms with van der Waals surface area (Å²) in [6.07, 6.45) is 0.803. The van der Waals surface area contributed by atoms with Crippen LogP contribution in [0.25, 0.3) is 0 Å². The van der Waals surface area contributed by atoms with E-state index in [1.54, 1.807) is 32.9 Å². The van der Waals surface area contributed by atoms with Crippen LogP contribution in [0.5, 0.6) is 0 Å². The predicted molar refractivity (Wildman–Crippen MR) is 73.1 cm³/mol. The number of hydrogen-bond donors (Lipinski definition) is 3. The van der Waals surface area contributed by atoms with Gasteiger partial charge in [-0.2, -0.15) is 0 Å². The normalized spacial score (nSPS) is 12.6. The molecule has 1 rings (SSSR count). The largest absolute Gasteiger partial charge is 0.480 e. The first-order valence-corrected chi connectivity index (χ1v) is 6.10. The molecule has 1 amide bonds. The molecule has 7 nitrogen and oxygen atoms in total. The van der Waals surface area contributed by atoms with Gasteiger partial charge in [0.1, 0.15) is 17.5 Å². The molecule has 110 valence electrons. The predicted octanol–water partition coefficient (Wildman–Crippen LogP) is 1.18. The Morgan fingerprint density at radius 1 is 1.45 bits per heavy atom. The second-order valence-electron chi connectivity index (χ2n) is 5.33. The van der Waals surface area contributed by atoms with E-state index in [-0.39, 0.29) is 6.42 Å². The molecule has 0 bridgehead atoms. The molecule has 1 aromatic heterocycles. The summed E-state index contributed by atoms with van der Waals surface area (Å²) in [5.41, 5.74) is 5.42. The number of nitrogens with one attached hydrogen (secondary N) is 1. The van der Waals surface area contributed by atoms with Crippen LogP contribution in [0.4, 0.5) is 10.6 Å². The second-order valence-corrected chi connectivity index (χ2v) is 5.33. The Bertz CT molecular complexity index is 479. The standard InChI is InChI=1S/C13H19N3O4/c1-13(2,3)20-12(19)16-9(11(17)18)6-8-4-5-10(14)15-7-8/h4-5,7,9H,6H2,1-3H3,(H2,14,15)(H,16,19)(H,17,18)/t9-/m0/s1. The summed E-state index contributed by atoms with van der Waals surface area (Å²) in [6.45, 7) is 5.10. The number of aliphatic carboxylic acids is 1. The van der Waals surface area contributed by atoms with Crippen molar-refractivity contribution < 1.29 is 19.4 Å². The summed E-state index contributed by atoms with van der Waals surface area (Å²) in [5.74, 6) is -0.798. The lowest BCUT2D eigenvalue weighted by Crippen LogP contribution is -2.44. The number of aromatic nitrogens is 1. The summed E-state index contributed by atoms with van der Waals surface area (Å²) < 4.78 is 5.03. The number of carboxylic acid groups (broad SMARTS) is 1. The van der Waals surface area contributed by atoms with E-state index in [4.69, 9.17) is 15.6 Å². The van der Waals surface area contributed by atoms with Crippen molar-refractivity contribution in [2.45, 2.75) is 38.8 Å². The van der Waals surface area contributed by atoms with E-state index in [1.807, 2.05) is 0 Å². The molecule has 0 radical (unpaired) electrons. The van der Waals surface area contributed by atoms with Crippen LogP contribution in [0.2, 0.25) is 0 Å². The molecule has 0 aliphatic carbocycles. The smallest absolute Gasteiger partial charge is 0.408 e. The molecular formula is C13H19N3O4. The van der Waals surface area contributed by atoms with Crippen LogP contribution in [0.3, 0.4) is 0 Å². The molecule has 1 atom stereocenters. The molecule has 0 saturated carbocycles. The van der Waals surface area contributed by atoms with Crippen molar-refractivity contribution in [3.05, 3.63) is 23.9 Å². The van der Waals surface area contributed by atoms with Gasteiger partial charge in [0.05, 0.1) is 0 Å². The van der Waals surface area contributed by atoms with E-state index >= 15 is 0 Å². The average Bonchev–Trinajstić information content (AvgIpc) is 2.28. The molecule has 0 saturated heterocycles. The quantitative estimate of drug-likeness (QED) is 0.763. The van der Waals surface area contributed by atoms with Crippen LogP contribution >= 0.6 is 0 Å². The number of nitrogens with zero attached hydrogens (tertiary/aromatic N) is 1. The number of amides is 1. The highest BCUT2D eigenvalue weighted by Gasteiger charge is 2.24. The van der Waals surface area contributed by atoms with Crippen molar-refractivity contribution in [2.24, 2.45) is 0 Å². The summed E-state index contributed by atoms with van der Waals surface area (Å²) >= 11 is 0. The Hall–Kier alpha value is -2.31. The van der Waals surface area contributed by atoms with Crippen LogP contribution in [0.1, 0.15) is 26.3 Å². The molecular weight excluding hydrogens is 262 g/mol. The highest BCUT2D eigenvalue weighted by molar-refractivity contribution is 5.80. The Kier molecular flexibility index (Phi) is 4.90. The molecule has 7 heteroatoms. The molecule has 4 N–H and O–H groups in total. The SMILES string of the molecule is CC(C)(C)OC(=O)N[C@@H](Cc1ccc(N)nc1)C(=O)O. The number of anilines is 1. The van der Waals surface area contributed by atoms with Crippen LogP contribution in [-0.4, -0.2) is 33.8 Å². The van der Waals surface area contributed by atoms with Gasteiger partial charge in [-0.15, -0.1) is 0 Å². The van der Waals surface area contributed by atoms with Gasteiger partial charge in [0, 0.05) is 12.6 Å². The number of nitrogen functional groups attached to an aromatic ring is 1. The van der Waals surface area contributed by atoms with Gasteiger partial charge >= 0.3 is 12.1 Å². The number of rotatable bonds is 4. The maximum Gasteiger partial charge on any atom is 0.408 e. The van der Waals surface area contributed by atoms with E-state index in [2.05, 4.69) is 10.3 Å². The van der Waals surface area contributed by atoms with Gasteiger partial charge in [-0.1, -0.05) is 6.07 Å². The first kappa shape index (κ1) is 15.7. The number of carbonyl (C=O) groups excluding carboxylic acids is 1. The second kappa shape index (κ2) is 6.23. The highest BCUT2D eigenvalue weighted by atomic mass is 16.6. The van der Waals surface area contributed by atoms with Gasteiger partial charge < -0.3 is 20.9 Å². The Morgan fingerprint density at radius 3 is 2.55 bits per heavy atom. The number of alkyl carbamates (subject to hydrolysis) is 1. The van der Waals surface area contributed by atoms with Gasteiger partial charge in [-0.3, -0.25) is 0 Å². The van der Waals surface area contributed by atoms with Crippen molar-refractivity contribution in [3.8, 4) is 0 Å². The van der Waals surface area contributed by atoms with E-state index in [1.165, 1.54) is 6.20 Å². The molecule has 1 aromatic rings. The minimum atomic E-state index is -1.15. The zero-order valence-electron chi connectivity index (χ0n) is 11.7. The molecule has 20 heavy (non-hydrogen) atoms. The maximum atomic E-state index is 11.6. The molecule has 0 aliphatic rings. The summed E-state index contributed by atoms with van der Waals surface area (Å²) in [6, 6.07) is 2.15. The molecule has 0 aromatic carbocycles. The summed E-state index contributed by atoms with van der Waals surface area (Å²) in [4.78, 5) is 26.6. The lowest BCUT2D eigenvalue weighted by Gasteiger charge is -2.22. The third-order valence-electron chi connectivity index (χ3n) is 2.28. The Morgan fingerprint density at radius 2 is 2.10 bits per heavy atom. The van der Waals surface area contributed by atoms with Crippen molar-refractivity contribution in [1.82, 2.24) is 10.3 Å². The average molecular weight is 281 g/mol. The molecule has 0 fully saturated rings. The fourth-order valence-corrected chi connectivity index (χ4v) is 1.44. The van der Waals surface area contributed by atoms with Crippen molar-refractivity contribution in [3.63, 3.8) is 0 Å². The third kappa shape index (κ3) is 5.55. The lowest BCUT2D eigenvalue weighted by molar-refractivity contribution is -0.139. The monoisotopic (exact) mass is 281 g/mol. The topological polar surface area (TPSA) is 115 Å². The maximum absolute atomic E-state index is 11.6. The number of pyridine rings is 1. The Balaban J connectivity index is 2.68. The van der Waals surface area contributed by atoms with Gasteiger partial charge in [0.25, 0.3) is 0 Å². The summed E-state index contributed by atoms with van der Waals surface area (Å²) in [5, 5.41) is 11.4. The van der Waals surface area contributed by atoms with Crippen LogP contribution in [0.15, 0.2) is 18.3 Å². The van der Waals surface area contributed by atoms with Crippen LogP contribution in [0, 0.1) is 0 Å². The lowest BCUT2D eigenvalue weighted by atomic mass is 10.1. The van der Waals surface area contributed by atoms with Gasteiger partial charge in [0.15, 0.2) is 0 Å². The fraction of sp³-hybridized carbons (Fsp3) is 0.462. The zero-order chi connectivity index (χ0) is 15.3. The number of carbonyl (C=O) groups is 2. The van der Waals surface area contributed by atoms with Crippen molar-refractivity contribution >= 4 is 17.9 Å².